The Labute approximate surface area is 174 Å². The number of ether oxygens (including phenoxy) is 1. The molecule has 0 unspecified atom stereocenters. The fourth-order valence-electron chi connectivity index (χ4n) is 2.23. The molecule has 29 heavy (non-hydrogen) atoms. The summed E-state index contributed by atoms with van der Waals surface area (Å²) >= 11 is 1.23. The van der Waals surface area contributed by atoms with Gasteiger partial charge in [0.1, 0.15) is 5.76 Å². The van der Waals surface area contributed by atoms with Crippen LogP contribution in [0, 0.1) is 5.92 Å². The molecule has 1 heterocycles. The van der Waals surface area contributed by atoms with E-state index in [1.54, 1.807) is 42.7 Å². The van der Waals surface area contributed by atoms with Gasteiger partial charge >= 0.3 is 5.97 Å². The van der Waals surface area contributed by atoms with Crippen molar-refractivity contribution in [3.8, 4) is 0 Å². The highest BCUT2D eigenvalue weighted by Gasteiger charge is 2.17. The topological polar surface area (TPSA) is 97.6 Å². The Morgan fingerprint density at radius 2 is 1.83 bits per heavy atom. The molecule has 0 spiro atoms. The second-order valence-corrected chi connectivity index (χ2v) is 7.83. The standard InChI is InChI=1S/C21H26N2O5S/c1-14(2)15(3)23-19(24)12-28-21(26)17-8-4-5-9-18(17)29-13-20(25)22-11-16-7-6-10-27-16/h4-10,14-15H,11-13H2,1-3H3,(H,22,25)(H,23,24)/t15-/m1/s1. The summed E-state index contributed by atoms with van der Waals surface area (Å²) in [5.41, 5.74) is 0.320. The van der Waals surface area contributed by atoms with Gasteiger partial charge in [0.25, 0.3) is 5.91 Å². The summed E-state index contributed by atoms with van der Waals surface area (Å²) in [4.78, 5) is 36.9. The van der Waals surface area contributed by atoms with Crippen LogP contribution in [0.3, 0.4) is 0 Å². The van der Waals surface area contributed by atoms with Crippen LogP contribution in [0.15, 0.2) is 52.0 Å². The maximum absolute atomic E-state index is 12.4. The lowest BCUT2D eigenvalue weighted by atomic mass is 10.1. The molecule has 156 valence electrons. The highest BCUT2D eigenvalue weighted by atomic mass is 32.2. The first-order chi connectivity index (χ1) is 13.9. The third-order valence-electron chi connectivity index (χ3n) is 4.23. The Kier molecular flexibility index (Phi) is 8.79. The second-order valence-electron chi connectivity index (χ2n) is 6.82. The van der Waals surface area contributed by atoms with Gasteiger partial charge in [-0.2, -0.15) is 0 Å². The Morgan fingerprint density at radius 1 is 1.07 bits per heavy atom. The van der Waals surface area contributed by atoms with Gasteiger partial charge in [0.2, 0.25) is 5.91 Å². The molecule has 0 saturated heterocycles. The number of hydrogen-bond donors (Lipinski definition) is 2. The molecule has 2 N–H and O–H groups in total. The van der Waals surface area contributed by atoms with Crippen LogP contribution >= 0.6 is 11.8 Å². The van der Waals surface area contributed by atoms with Gasteiger partial charge < -0.3 is 19.8 Å². The highest BCUT2D eigenvalue weighted by molar-refractivity contribution is 8.00. The van der Waals surface area contributed by atoms with Gasteiger partial charge in [-0.3, -0.25) is 9.59 Å². The Balaban J connectivity index is 1.84. The predicted octanol–water partition coefficient (Wildman–Crippen LogP) is 3.01. The van der Waals surface area contributed by atoms with Gasteiger partial charge in [-0.25, -0.2) is 4.79 Å². The lowest BCUT2D eigenvalue weighted by molar-refractivity contribution is -0.125. The van der Waals surface area contributed by atoms with Crippen LogP contribution in [-0.2, 0) is 20.9 Å². The quantitative estimate of drug-likeness (QED) is 0.455. The van der Waals surface area contributed by atoms with Crippen molar-refractivity contribution < 1.29 is 23.5 Å². The van der Waals surface area contributed by atoms with E-state index in [1.165, 1.54) is 11.8 Å². The number of thioether (sulfide) groups is 1. The van der Waals surface area contributed by atoms with E-state index < -0.39 is 5.97 Å². The zero-order valence-corrected chi connectivity index (χ0v) is 17.6. The third kappa shape index (κ3) is 7.65. The van der Waals surface area contributed by atoms with E-state index in [1.807, 2.05) is 20.8 Å². The van der Waals surface area contributed by atoms with Gasteiger partial charge in [0.05, 0.1) is 24.1 Å². The number of benzene rings is 1. The normalized spacial score (nSPS) is 11.7. The molecule has 0 aliphatic carbocycles. The van der Waals surface area contributed by atoms with Gasteiger partial charge in [-0.1, -0.05) is 26.0 Å². The largest absolute Gasteiger partial charge is 0.467 e. The molecule has 7 nitrogen and oxygen atoms in total. The summed E-state index contributed by atoms with van der Waals surface area (Å²) in [6, 6.07) is 10.3. The van der Waals surface area contributed by atoms with Crippen LogP contribution in [0.2, 0.25) is 0 Å². The summed E-state index contributed by atoms with van der Waals surface area (Å²) in [6.07, 6.45) is 1.54. The first-order valence-electron chi connectivity index (χ1n) is 9.34. The first kappa shape index (κ1) is 22.5. The molecule has 2 aromatic rings. The average Bonchev–Trinajstić information content (AvgIpc) is 3.22. The van der Waals surface area contributed by atoms with Crippen LogP contribution in [0.5, 0.6) is 0 Å². The summed E-state index contributed by atoms with van der Waals surface area (Å²) in [7, 11) is 0. The number of carbonyl (C=O) groups excluding carboxylic acids is 3. The van der Waals surface area contributed by atoms with Crippen molar-refractivity contribution in [3.05, 3.63) is 54.0 Å². The molecule has 1 atom stereocenters. The van der Waals surface area contributed by atoms with Gasteiger partial charge in [-0.05, 0) is 37.1 Å². The molecule has 0 fully saturated rings. The molecule has 0 saturated carbocycles. The number of esters is 1. The van der Waals surface area contributed by atoms with E-state index in [-0.39, 0.29) is 36.1 Å². The fraction of sp³-hybridized carbons (Fsp3) is 0.381. The van der Waals surface area contributed by atoms with E-state index in [9.17, 15) is 14.4 Å². The molecule has 2 amide bonds. The predicted molar refractivity (Wildman–Crippen MR) is 110 cm³/mol. The summed E-state index contributed by atoms with van der Waals surface area (Å²) in [5.74, 6) is -0.0460. The number of rotatable bonds is 10. The molecule has 2 rings (SSSR count). The van der Waals surface area contributed by atoms with Crippen LogP contribution in [0.4, 0.5) is 0 Å². The average molecular weight is 419 g/mol. The molecule has 0 bridgehead atoms. The van der Waals surface area contributed by atoms with Crippen LogP contribution in [-0.4, -0.2) is 36.2 Å². The van der Waals surface area contributed by atoms with Crippen molar-refractivity contribution in [2.75, 3.05) is 12.4 Å². The second kappa shape index (κ2) is 11.3. The van der Waals surface area contributed by atoms with E-state index in [0.29, 0.717) is 22.8 Å². The van der Waals surface area contributed by atoms with Crippen molar-refractivity contribution in [2.45, 2.75) is 38.3 Å². The third-order valence-corrected chi connectivity index (χ3v) is 5.30. The number of nitrogens with one attached hydrogen (secondary N) is 2. The molecule has 0 aliphatic heterocycles. The van der Waals surface area contributed by atoms with E-state index in [0.717, 1.165) is 0 Å². The molecule has 1 aromatic carbocycles. The minimum absolute atomic E-state index is 0.0104. The summed E-state index contributed by atoms with van der Waals surface area (Å²) < 4.78 is 10.3. The smallest absolute Gasteiger partial charge is 0.339 e. The van der Waals surface area contributed by atoms with Gasteiger partial charge in [-0.15, -0.1) is 11.8 Å². The SMILES string of the molecule is CC(C)[C@@H](C)NC(=O)COC(=O)c1ccccc1SCC(=O)NCc1ccco1. The lowest BCUT2D eigenvalue weighted by Gasteiger charge is -2.17. The maximum Gasteiger partial charge on any atom is 0.339 e. The molecule has 8 heteroatoms. The van der Waals surface area contributed by atoms with Gasteiger partial charge in [0, 0.05) is 10.9 Å². The van der Waals surface area contributed by atoms with Crippen LogP contribution in [0.1, 0.15) is 36.9 Å². The lowest BCUT2D eigenvalue weighted by Crippen LogP contribution is -2.38. The molecular weight excluding hydrogens is 392 g/mol. The number of amides is 2. The molecule has 0 aliphatic rings. The van der Waals surface area contributed by atoms with Crippen LogP contribution < -0.4 is 10.6 Å². The zero-order valence-electron chi connectivity index (χ0n) is 16.8. The summed E-state index contributed by atoms with van der Waals surface area (Å²) in [6.45, 7) is 5.84. The molecule has 1 aromatic heterocycles. The van der Waals surface area contributed by atoms with Crippen molar-refractivity contribution in [1.82, 2.24) is 10.6 Å². The molecular formula is C21H26N2O5S. The maximum atomic E-state index is 12.4. The first-order valence-corrected chi connectivity index (χ1v) is 10.3. The monoisotopic (exact) mass is 418 g/mol. The minimum atomic E-state index is -0.601. The van der Waals surface area contributed by atoms with Gasteiger partial charge in [0.15, 0.2) is 6.61 Å². The highest BCUT2D eigenvalue weighted by Crippen LogP contribution is 2.23. The zero-order chi connectivity index (χ0) is 21.2. The van der Waals surface area contributed by atoms with Crippen LogP contribution in [0.25, 0.3) is 0 Å². The number of hydrogen-bond acceptors (Lipinski definition) is 6. The van der Waals surface area contributed by atoms with E-state index in [2.05, 4.69) is 10.6 Å². The van der Waals surface area contributed by atoms with Crippen molar-refractivity contribution in [2.24, 2.45) is 5.92 Å². The number of carbonyl (C=O) groups is 3. The summed E-state index contributed by atoms with van der Waals surface area (Å²) in [5, 5.41) is 5.53. The van der Waals surface area contributed by atoms with Crippen molar-refractivity contribution in [3.63, 3.8) is 0 Å². The van der Waals surface area contributed by atoms with Crippen molar-refractivity contribution in [1.29, 1.82) is 0 Å². The Bertz CT molecular complexity index is 820. The Hall–Kier alpha value is -2.74. The van der Waals surface area contributed by atoms with E-state index in [4.69, 9.17) is 9.15 Å². The van der Waals surface area contributed by atoms with Crippen molar-refractivity contribution >= 4 is 29.5 Å². The molecule has 0 radical (unpaired) electrons. The minimum Gasteiger partial charge on any atom is -0.467 e. The fourth-order valence-corrected chi connectivity index (χ4v) is 3.10. The van der Waals surface area contributed by atoms with E-state index >= 15 is 0 Å². The Morgan fingerprint density at radius 3 is 2.52 bits per heavy atom. The number of furan rings is 1.